The molecule has 0 atom stereocenters. The van der Waals surface area contributed by atoms with Crippen LogP contribution in [-0.2, 0) is 6.54 Å². The van der Waals surface area contributed by atoms with Crippen LogP contribution in [0.5, 0.6) is 0 Å². The fourth-order valence-electron chi connectivity index (χ4n) is 3.12. The van der Waals surface area contributed by atoms with Gasteiger partial charge in [0.1, 0.15) is 0 Å². The molecular weight excluding hydrogens is 376 g/mol. The van der Waals surface area contributed by atoms with Crippen molar-refractivity contribution >= 4 is 34.0 Å². The molecular formula is C21H17ClN4O2. The van der Waals surface area contributed by atoms with E-state index in [2.05, 4.69) is 10.4 Å². The average molecular weight is 393 g/mol. The van der Waals surface area contributed by atoms with E-state index in [-0.39, 0.29) is 11.3 Å². The summed E-state index contributed by atoms with van der Waals surface area (Å²) in [6.45, 7) is 2.19. The number of halogens is 1. The first-order valence-corrected chi connectivity index (χ1v) is 9.20. The third-order valence-electron chi connectivity index (χ3n) is 4.47. The van der Waals surface area contributed by atoms with Crippen LogP contribution in [0.4, 0.5) is 5.69 Å². The van der Waals surface area contributed by atoms with Crippen molar-refractivity contribution in [2.75, 3.05) is 5.32 Å². The van der Waals surface area contributed by atoms with Crippen LogP contribution in [0, 0.1) is 0 Å². The van der Waals surface area contributed by atoms with Crippen molar-refractivity contribution in [2.45, 2.75) is 13.5 Å². The van der Waals surface area contributed by atoms with Gasteiger partial charge in [-0.05, 0) is 43.3 Å². The lowest BCUT2D eigenvalue weighted by molar-refractivity contribution is 0.102. The minimum Gasteiger partial charge on any atom is -0.322 e. The summed E-state index contributed by atoms with van der Waals surface area (Å²) < 4.78 is 3.16. The van der Waals surface area contributed by atoms with Crippen molar-refractivity contribution in [1.29, 1.82) is 0 Å². The Morgan fingerprint density at radius 3 is 2.50 bits per heavy atom. The highest BCUT2D eigenvalue weighted by atomic mass is 35.5. The number of nitrogens with one attached hydrogen (secondary N) is 1. The van der Waals surface area contributed by atoms with Crippen molar-refractivity contribution in [2.24, 2.45) is 0 Å². The number of hydrogen-bond acceptors (Lipinski definition) is 3. The van der Waals surface area contributed by atoms with Gasteiger partial charge in [0.05, 0.1) is 16.8 Å². The van der Waals surface area contributed by atoms with E-state index in [4.69, 9.17) is 11.6 Å². The van der Waals surface area contributed by atoms with Crippen molar-refractivity contribution in [3.05, 3.63) is 88.1 Å². The number of benzene rings is 2. The van der Waals surface area contributed by atoms with E-state index in [1.165, 1.54) is 4.68 Å². The van der Waals surface area contributed by atoms with Crippen molar-refractivity contribution in [3.8, 4) is 5.69 Å². The monoisotopic (exact) mass is 392 g/mol. The van der Waals surface area contributed by atoms with Crippen LogP contribution >= 0.6 is 11.6 Å². The van der Waals surface area contributed by atoms with Crippen LogP contribution < -0.4 is 10.9 Å². The third-order valence-corrected chi connectivity index (χ3v) is 4.71. The van der Waals surface area contributed by atoms with E-state index >= 15 is 0 Å². The molecule has 2 aromatic carbocycles. The molecule has 7 heteroatoms. The van der Waals surface area contributed by atoms with Crippen LogP contribution in [0.2, 0.25) is 5.02 Å². The average Bonchev–Trinajstić information content (AvgIpc) is 3.24. The van der Waals surface area contributed by atoms with Crippen molar-refractivity contribution in [1.82, 2.24) is 14.3 Å². The Balaban J connectivity index is 1.81. The zero-order valence-corrected chi connectivity index (χ0v) is 15.8. The van der Waals surface area contributed by atoms with E-state index in [1.807, 2.05) is 36.0 Å². The van der Waals surface area contributed by atoms with Gasteiger partial charge >= 0.3 is 0 Å². The Morgan fingerprint density at radius 2 is 1.79 bits per heavy atom. The second-order valence-electron chi connectivity index (χ2n) is 6.22. The fourth-order valence-corrected chi connectivity index (χ4v) is 3.28. The van der Waals surface area contributed by atoms with E-state index in [9.17, 15) is 9.59 Å². The topological polar surface area (TPSA) is 68.9 Å². The van der Waals surface area contributed by atoms with Crippen LogP contribution in [0.25, 0.3) is 16.5 Å². The number of carbonyl (C=O) groups excluding carboxylic acids is 1. The molecule has 0 unspecified atom stereocenters. The first kappa shape index (κ1) is 18.0. The number of nitrogens with zero attached hydrogens (tertiary/aromatic N) is 3. The lowest BCUT2D eigenvalue weighted by Gasteiger charge is -2.14. The maximum Gasteiger partial charge on any atom is 0.276 e. The van der Waals surface area contributed by atoms with Gasteiger partial charge in [-0.15, -0.1) is 0 Å². The fraction of sp³-hybridized carbons (Fsp3) is 0.0952. The molecule has 1 amide bonds. The Kier molecular flexibility index (Phi) is 4.71. The molecule has 0 saturated carbocycles. The molecule has 0 fully saturated rings. The predicted molar refractivity (Wildman–Crippen MR) is 110 cm³/mol. The molecule has 140 valence electrons. The summed E-state index contributed by atoms with van der Waals surface area (Å²) in [7, 11) is 0. The molecule has 0 radical (unpaired) electrons. The van der Waals surface area contributed by atoms with Crippen LogP contribution in [-0.4, -0.2) is 20.3 Å². The first-order chi connectivity index (χ1) is 13.6. The maximum atomic E-state index is 13.1. The lowest BCUT2D eigenvalue weighted by atomic mass is 10.1. The van der Waals surface area contributed by atoms with Gasteiger partial charge in [0.15, 0.2) is 5.69 Å². The van der Waals surface area contributed by atoms with E-state index in [0.717, 1.165) is 5.69 Å². The molecule has 2 heterocycles. The Labute approximate surface area is 166 Å². The van der Waals surface area contributed by atoms with Crippen LogP contribution in [0.3, 0.4) is 0 Å². The predicted octanol–water partition coefficient (Wildman–Crippen LogP) is 4.11. The number of rotatable bonds is 4. The zero-order valence-electron chi connectivity index (χ0n) is 15.1. The summed E-state index contributed by atoms with van der Waals surface area (Å²) in [6, 6.07) is 16.0. The number of amides is 1. The smallest absolute Gasteiger partial charge is 0.276 e. The standard InChI is InChI=1S/C21H17ClN4O2/c1-2-26-21(28)16-8-4-3-7-15(16)19(24-26)20(27)23-17-10-9-14(22)13-18(17)25-11-5-6-12-25/h3-13H,2H2,1H3,(H,23,27). The summed E-state index contributed by atoms with van der Waals surface area (Å²) in [5, 5.41) is 8.74. The number of aromatic nitrogens is 3. The molecule has 0 aliphatic carbocycles. The molecule has 0 bridgehead atoms. The maximum absolute atomic E-state index is 13.1. The second-order valence-corrected chi connectivity index (χ2v) is 6.66. The molecule has 6 nitrogen and oxygen atoms in total. The molecule has 4 rings (SSSR count). The van der Waals surface area contributed by atoms with Gasteiger partial charge in [0, 0.05) is 29.3 Å². The molecule has 28 heavy (non-hydrogen) atoms. The molecule has 1 N–H and O–H groups in total. The summed E-state index contributed by atoms with van der Waals surface area (Å²) in [5.74, 6) is -0.394. The highest BCUT2D eigenvalue weighted by molar-refractivity contribution is 6.31. The lowest BCUT2D eigenvalue weighted by Crippen LogP contribution is -2.27. The van der Waals surface area contributed by atoms with Crippen molar-refractivity contribution < 1.29 is 4.79 Å². The molecule has 2 aromatic heterocycles. The third kappa shape index (κ3) is 3.18. The van der Waals surface area contributed by atoms with Crippen LogP contribution in [0.1, 0.15) is 17.4 Å². The zero-order chi connectivity index (χ0) is 19.7. The molecule has 0 saturated heterocycles. The van der Waals surface area contributed by atoms with Gasteiger partial charge in [0.2, 0.25) is 0 Å². The Morgan fingerprint density at radius 1 is 1.07 bits per heavy atom. The quantitative estimate of drug-likeness (QED) is 0.568. The Bertz CT molecular complexity index is 1230. The minimum absolute atomic E-state index is 0.199. The van der Waals surface area contributed by atoms with Gasteiger partial charge in [-0.3, -0.25) is 9.59 Å². The summed E-state index contributed by atoms with van der Waals surface area (Å²) in [5.41, 5.74) is 1.31. The minimum atomic E-state index is -0.394. The number of fused-ring (bicyclic) bond motifs is 1. The van der Waals surface area contributed by atoms with Gasteiger partial charge in [-0.2, -0.15) is 5.10 Å². The van der Waals surface area contributed by atoms with Crippen molar-refractivity contribution in [3.63, 3.8) is 0 Å². The molecule has 0 aliphatic heterocycles. The van der Waals surface area contributed by atoms with Crippen LogP contribution in [0.15, 0.2) is 71.8 Å². The van der Waals surface area contributed by atoms with Gasteiger partial charge in [-0.25, -0.2) is 4.68 Å². The second kappa shape index (κ2) is 7.32. The molecule has 4 aromatic rings. The summed E-state index contributed by atoms with van der Waals surface area (Å²) >= 11 is 6.15. The van der Waals surface area contributed by atoms with Gasteiger partial charge < -0.3 is 9.88 Å². The molecule has 0 spiro atoms. The van der Waals surface area contributed by atoms with E-state index < -0.39 is 5.91 Å². The van der Waals surface area contributed by atoms with Gasteiger partial charge in [-0.1, -0.05) is 29.8 Å². The number of aryl methyl sites for hydroxylation is 1. The summed E-state index contributed by atoms with van der Waals surface area (Å²) in [6.07, 6.45) is 3.73. The van der Waals surface area contributed by atoms with E-state index in [1.54, 1.807) is 42.5 Å². The highest BCUT2D eigenvalue weighted by Crippen LogP contribution is 2.25. The van der Waals surface area contributed by atoms with Gasteiger partial charge in [0.25, 0.3) is 11.5 Å². The first-order valence-electron chi connectivity index (χ1n) is 8.82. The molecule has 0 aliphatic rings. The number of hydrogen-bond donors (Lipinski definition) is 1. The highest BCUT2D eigenvalue weighted by Gasteiger charge is 2.18. The normalized spacial score (nSPS) is 10.9. The van der Waals surface area contributed by atoms with E-state index in [0.29, 0.717) is 28.0 Å². The SMILES string of the molecule is CCn1nc(C(=O)Nc2ccc(Cl)cc2-n2cccc2)c2ccccc2c1=O. The summed E-state index contributed by atoms with van der Waals surface area (Å²) in [4.78, 5) is 25.6. The largest absolute Gasteiger partial charge is 0.322 e. The number of carbonyl (C=O) groups is 1. The number of anilines is 1. The Hall–Kier alpha value is -3.38.